The van der Waals surface area contributed by atoms with E-state index >= 15 is 0 Å². The van der Waals surface area contributed by atoms with Gasteiger partial charge in [-0.25, -0.2) is 14.4 Å². The first-order valence-electron chi connectivity index (χ1n) is 7.25. The number of rotatable bonds is 5. The van der Waals surface area contributed by atoms with Crippen LogP contribution in [0.3, 0.4) is 0 Å². The summed E-state index contributed by atoms with van der Waals surface area (Å²) in [7, 11) is 1.31. The molecule has 1 aliphatic rings. The molecule has 0 aromatic heterocycles. The van der Waals surface area contributed by atoms with E-state index in [1.54, 1.807) is 29.2 Å². The number of nitrogens with zero attached hydrogens (tertiary/aromatic N) is 1. The molecule has 8 heteroatoms. The Morgan fingerprint density at radius 3 is 2.70 bits per heavy atom. The van der Waals surface area contributed by atoms with Gasteiger partial charge in [-0.3, -0.25) is 0 Å². The Morgan fingerprint density at radius 1 is 1.30 bits per heavy atom. The second-order valence-corrected chi connectivity index (χ2v) is 4.90. The third kappa shape index (κ3) is 4.87. The number of esters is 1. The summed E-state index contributed by atoms with van der Waals surface area (Å²) >= 11 is 0. The predicted molar refractivity (Wildman–Crippen MR) is 82.3 cm³/mol. The average molecular weight is 321 g/mol. The number of nitrogens with one attached hydrogen (secondary N) is 2. The van der Waals surface area contributed by atoms with Crippen molar-refractivity contribution in [2.45, 2.75) is 6.42 Å². The standard InChI is InChI=1S/C15H19N3O5/c1-22-13(19)11-3-5-12(6-4-11)17-14(20)16-7-9-18-8-2-10-23-15(18)21/h3-6H,2,7-10H2,1H3,(H2,16,17,20). The number of hydrogen-bond acceptors (Lipinski definition) is 5. The highest BCUT2D eigenvalue weighted by Crippen LogP contribution is 2.10. The molecule has 1 fully saturated rings. The maximum absolute atomic E-state index is 11.8. The largest absolute Gasteiger partial charge is 0.465 e. The zero-order chi connectivity index (χ0) is 16.7. The maximum Gasteiger partial charge on any atom is 0.409 e. The fraction of sp³-hybridized carbons (Fsp3) is 0.400. The van der Waals surface area contributed by atoms with Gasteiger partial charge >= 0.3 is 18.1 Å². The lowest BCUT2D eigenvalue weighted by Gasteiger charge is -2.26. The summed E-state index contributed by atoms with van der Waals surface area (Å²) in [5.41, 5.74) is 0.953. The van der Waals surface area contributed by atoms with Crippen LogP contribution in [-0.4, -0.2) is 56.3 Å². The van der Waals surface area contributed by atoms with Crippen molar-refractivity contribution in [3.8, 4) is 0 Å². The van der Waals surface area contributed by atoms with Crippen LogP contribution in [0.4, 0.5) is 15.3 Å². The van der Waals surface area contributed by atoms with E-state index in [1.165, 1.54) is 7.11 Å². The average Bonchev–Trinajstić information content (AvgIpc) is 2.56. The van der Waals surface area contributed by atoms with Crippen molar-refractivity contribution in [3.05, 3.63) is 29.8 Å². The zero-order valence-corrected chi connectivity index (χ0v) is 12.8. The lowest BCUT2D eigenvalue weighted by atomic mass is 10.2. The molecule has 0 aliphatic carbocycles. The minimum atomic E-state index is -0.436. The molecule has 1 saturated heterocycles. The van der Waals surface area contributed by atoms with E-state index in [4.69, 9.17) is 4.74 Å². The van der Waals surface area contributed by atoms with Crippen LogP contribution in [0, 0.1) is 0 Å². The molecule has 124 valence electrons. The number of amides is 3. The van der Waals surface area contributed by atoms with Gasteiger partial charge < -0.3 is 25.0 Å². The highest BCUT2D eigenvalue weighted by molar-refractivity contribution is 5.92. The van der Waals surface area contributed by atoms with Gasteiger partial charge in [0, 0.05) is 25.3 Å². The lowest BCUT2D eigenvalue weighted by Crippen LogP contribution is -2.43. The third-order valence-electron chi connectivity index (χ3n) is 3.29. The van der Waals surface area contributed by atoms with Gasteiger partial charge in [-0.15, -0.1) is 0 Å². The first kappa shape index (κ1) is 16.6. The summed E-state index contributed by atoms with van der Waals surface area (Å²) in [5, 5.41) is 5.29. The highest BCUT2D eigenvalue weighted by Gasteiger charge is 2.18. The van der Waals surface area contributed by atoms with Crippen molar-refractivity contribution in [1.29, 1.82) is 0 Å². The Hall–Kier alpha value is -2.77. The molecule has 2 rings (SSSR count). The summed E-state index contributed by atoms with van der Waals surface area (Å²) < 4.78 is 9.50. The molecular weight excluding hydrogens is 302 g/mol. The summed E-state index contributed by atoms with van der Waals surface area (Å²) in [5.74, 6) is -0.436. The van der Waals surface area contributed by atoms with Crippen LogP contribution in [0.1, 0.15) is 16.8 Å². The predicted octanol–water partition coefficient (Wildman–Crippen LogP) is 1.44. The Morgan fingerprint density at radius 2 is 2.04 bits per heavy atom. The molecule has 0 saturated carbocycles. The van der Waals surface area contributed by atoms with Crippen molar-refractivity contribution in [3.63, 3.8) is 0 Å². The van der Waals surface area contributed by atoms with Crippen molar-refractivity contribution in [1.82, 2.24) is 10.2 Å². The van der Waals surface area contributed by atoms with Gasteiger partial charge in [0.05, 0.1) is 19.3 Å². The normalized spacial score (nSPS) is 14.0. The molecule has 0 unspecified atom stereocenters. The minimum absolute atomic E-state index is 0.321. The molecule has 1 aliphatic heterocycles. The quantitative estimate of drug-likeness (QED) is 0.800. The van der Waals surface area contributed by atoms with Gasteiger partial charge in [0.1, 0.15) is 0 Å². The molecule has 0 bridgehead atoms. The molecule has 23 heavy (non-hydrogen) atoms. The van der Waals surface area contributed by atoms with Crippen molar-refractivity contribution >= 4 is 23.8 Å². The van der Waals surface area contributed by atoms with E-state index in [1.807, 2.05) is 0 Å². The van der Waals surface area contributed by atoms with Crippen molar-refractivity contribution in [2.24, 2.45) is 0 Å². The van der Waals surface area contributed by atoms with Gasteiger partial charge in [-0.05, 0) is 30.7 Å². The van der Waals surface area contributed by atoms with Crippen LogP contribution in [0.5, 0.6) is 0 Å². The highest BCUT2D eigenvalue weighted by atomic mass is 16.6. The Kier molecular flexibility index (Phi) is 5.79. The Balaban J connectivity index is 1.74. The van der Waals surface area contributed by atoms with Gasteiger partial charge in [-0.1, -0.05) is 0 Å². The lowest BCUT2D eigenvalue weighted by molar-refractivity contribution is 0.0600. The molecular formula is C15H19N3O5. The third-order valence-corrected chi connectivity index (χ3v) is 3.29. The van der Waals surface area contributed by atoms with Crippen LogP contribution >= 0.6 is 0 Å². The maximum atomic E-state index is 11.8. The van der Waals surface area contributed by atoms with Gasteiger partial charge in [0.15, 0.2) is 0 Å². The van der Waals surface area contributed by atoms with E-state index in [0.717, 1.165) is 6.42 Å². The first-order chi connectivity index (χ1) is 11.1. The summed E-state index contributed by atoms with van der Waals surface area (Å²) in [6.45, 7) is 1.80. The fourth-order valence-corrected chi connectivity index (χ4v) is 2.09. The summed E-state index contributed by atoms with van der Waals surface area (Å²) in [4.78, 5) is 36.0. The van der Waals surface area contributed by atoms with Gasteiger partial charge in [-0.2, -0.15) is 0 Å². The number of carbonyl (C=O) groups excluding carboxylic acids is 3. The van der Waals surface area contributed by atoms with Crippen LogP contribution in [0.2, 0.25) is 0 Å². The van der Waals surface area contributed by atoms with Gasteiger partial charge in [0.25, 0.3) is 0 Å². The molecule has 0 atom stereocenters. The minimum Gasteiger partial charge on any atom is -0.465 e. The Labute approximate surface area is 133 Å². The van der Waals surface area contributed by atoms with Crippen molar-refractivity contribution in [2.75, 3.05) is 38.7 Å². The number of cyclic esters (lactones) is 1. The van der Waals surface area contributed by atoms with E-state index in [0.29, 0.717) is 37.5 Å². The number of carbonyl (C=O) groups is 3. The zero-order valence-electron chi connectivity index (χ0n) is 12.8. The Bertz CT molecular complexity index is 573. The van der Waals surface area contributed by atoms with Crippen LogP contribution in [0.15, 0.2) is 24.3 Å². The topological polar surface area (TPSA) is 97.0 Å². The number of hydrogen-bond donors (Lipinski definition) is 2. The smallest absolute Gasteiger partial charge is 0.409 e. The molecule has 0 spiro atoms. The number of urea groups is 1. The molecule has 2 N–H and O–H groups in total. The first-order valence-corrected chi connectivity index (χ1v) is 7.25. The number of benzene rings is 1. The second kappa shape index (κ2) is 8.02. The fourth-order valence-electron chi connectivity index (χ4n) is 2.09. The molecule has 1 heterocycles. The van der Waals surface area contributed by atoms with E-state index in [-0.39, 0.29) is 12.1 Å². The summed E-state index contributed by atoms with van der Waals surface area (Å²) in [6, 6.07) is 5.94. The summed E-state index contributed by atoms with van der Waals surface area (Å²) in [6.07, 6.45) is 0.446. The number of anilines is 1. The van der Waals surface area contributed by atoms with E-state index in [2.05, 4.69) is 15.4 Å². The number of ether oxygens (including phenoxy) is 2. The van der Waals surface area contributed by atoms with Gasteiger partial charge in [0.2, 0.25) is 0 Å². The molecule has 8 nitrogen and oxygen atoms in total. The molecule has 1 aromatic carbocycles. The second-order valence-electron chi connectivity index (χ2n) is 4.90. The number of methoxy groups -OCH3 is 1. The van der Waals surface area contributed by atoms with Crippen LogP contribution in [-0.2, 0) is 9.47 Å². The van der Waals surface area contributed by atoms with Crippen molar-refractivity contribution < 1.29 is 23.9 Å². The molecule has 0 radical (unpaired) electrons. The van der Waals surface area contributed by atoms with Crippen LogP contribution in [0.25, 0.3) is 0 Å². The van der Waals surface area contributed by atoms with Crippen LogP contribution < -0.4 is 10.6 Å². The molecule has 3 amide bonds. The molecule has 1 aromatic rings. The van der Waals surface area contributed by atoms with E-state index < -0.39 is 5.97 Å². The monoisotopic (exact) mass is 321 g/mol. The van der Waals surface area contributed by atoms with E-state index in [9.17, 15) is 14.4 Å². The SMILES string of the molecule is COC(=O)c1ccc(NC(=O)NCCN2CCCOC2=O)cc1.